The molecule has 0 aliphatic carbocycles. The van der Waals surface area contributed by atoms with E-state index in [4.69, 9.17) is 5.11 Å². The Kier molecular flexibility index (Phi) is 5.80. The topological polar surface area (TPSA) is 90.0 Å². The van der Waals surface area contributed by atoms with E-state index in [1.165, 1.54) is 39.9 Å². The van der Waals surface area contributed by atoms with Gasteiger partial charge in [-0.05, 0) is 13.8 Å². The summed E-state index contributed by atoms with van der Waals surface area (Å²) in [5.41, 5.74) is -1.30. The van der Waals surface area contributed by atoms with Gasteiger partial charge in [0.1, 0.15) is 5.54 Å². The van der Waals surface area contributed by atoms with Crippen LogP contribution in [0.5, 0.6) is 0 Å². The van der Waals surface area contributed by atoms with Gasteiger partial charge in [0.05, 0.1) is 5.92 Å². The van der Waals surface area contributed by atoms with Gasteiger partial charge in [-0.3, -0.25) is 4.79 Å². The standard InChI is InChI=1S/C12H23N3O4/c1-8(9(16)13-4)7-14(5)11(19)15(6)12(2,3)10(17)18/h8H,7H2,1-6H3,(H,13,16)(H,17,18). The number of hydrogen-bond donors (Lipinski definition) is 2. The van der Waals surface area contributed by atoms with Crippen molar-refractivity contribution in [2.75, 3.05) is 27.7 Å². The summed E-state index contributed by atoms with van der Waals surface area (Å²) in [5, 5.41) is 11.6. The molecular weight excluding hydrogens is 250 g/mol. The molecule has 0 aromatic carbocycles. The summed E-state index contributed by atoms with van der Waals surface area (Å²) in [7, 11) is 4.49. The molecule has 0 aromatic rings. The fourth-order valence-corrected chi connectivity index (χ4v) is 1.46. The first-order valence-electron chi connectivity index (χ1n) is 5.99. The molecule has 0 fully saturated rings. The van der Waals surface area contributed by atoms with Crippen LogP contribution >= 0.6 is 0 Å². The minimum atomic E-state index is -1.30. The largest absolute Gasteiger partial charge is 0.480 e. The Labute approximate surface area is 113 Å². The van der Waals surface area contributed by atoms with Crippen LogP contribution in [0.1, 0.15) is 20.8 Å². The van der Waals surface area contributed by atoms with E-state index < -0.39 is 17.5 Å². The Morgan fingerprint density at radius 1 is 1.26 bits per heavy atom. The van der Waals surface area contributed by atoms with Gasteiger partial charge in [-0.2, -0.15) is 0 Å². The minimum absolute atomic E-state index is 0.167. The lowest BCUT2D eigenvalue weighted by molar-refractivity contribution is -0.147. The molecule has 0 radical (unpaired) electrons. The summed E-state index contributed by atoms with van der Waals surface area (Å²) in [4.78, 5) is 37.1. The van der Waals surface area contributed by atoms with Crippen molar-refractivity contribution >= 4 is 17.9 Å². The number of nitrogens with zero attached hydrogens (tertiary/aromatic N) is 2. The molecule has 0 rings (SSSR count). The zero-order valence-corrected chi connectivity index (χ0v) is 12.4. The molecule has 7 nitrogen and oxygen atoms in total. The minimum Gasteiger partial charge on any atom is -0.480 e. The second-order valence-corrected chi connectivity index (χ2v) is 5.10. The van der Waals surface area contributed by atoms with Crippen LogP contribution in [-0.4, -0.2) is 66.0 Å². The fraction of sp³-hybridized carbons (Fsp3) is 0.750. The Hall–Kier alpha value is -1.79. The van der Waals surface area contributed by atoms with Crippen molar-refractivity contribution in [2.45, 2.75) is 26.3 Å². The molecule has 2 N–H and O–H groups in total. The number of carbonyl (C=O) groups is 3. The summed E-state index contributed by atoms with van der Waals surface area (Å²) < 4.78 is 0. The van der Waals surface area contributed by atoms with E-state index in [0.29, 0.717) is 0 Å². The molecule has 19 heavy (non-hydrogen) atoms. The van der Waals surface area contributed by atoms with Crippen molar-refractivity contribution in [1.29, 1.82) is 0 Å². The van der Waals surface area contributed by atoms with Gasteiger partial charge in [-0.25, -0.2) is 9.59 Å². The first-order valence-corrected chi connectivity index (χ1v) is 5.99. The molecule has 0 saturated carbocycles. The van der Waals surface area contributed by atoms with E-state index in [0.717, 1.165) is 4.90 Å². The highest BCUT2D eigenvalue weighted by Gasteiger charge is 2.36. The number of nitrogens with one attached hydrogen (secondary N) is 1. The normalized spacial score (nSPS) is 12.5. The summed E-state index contributed by atoms with van der Waals surface area (Å²) in [6.07, 6.45) is 0. The predicted octanol–water partition coefficient (Wildman–Crippen LogP) is 0.215. The molecule has 3 amide bonds. The molecule has 0 aliphatic rings. The second kappa shape index (κ2) is 6.40. The SMILES string of the molecule is CNC(=O)C(C)CN(C)C(=O)N(C)C(C)(C)C(=O)O. The zero-order valence-electron chi connectivity index (χ0n) is 12.4. The highest BCUT2D eigenvalue weighted by molar-refractivity contribution is 5.85. The summed E-state index contributed by atoms with van der Waals surface area (Å²) in [6.45, 7) is 4.82. The van der Waals surface area contributed by atoms with Gasteiger partial charge in [0.2, 0.25) is 5.91 Å². The third-order valence-electron chi connectivity index (χ3n) is 3.22. The average molecular weight is 273 g/mol. The maximum atomic E-state index is 12.1. The number of aliphatic carboxylic acids is 1. The van der Waals surface area contributed by atoms with E-state index in [-0.39, 0.29) is 18.4 Å². The molecule has 110 valence electrons. The van der Waals surface area contributed by atoms with Crippen molar-refractivity contribution in [1.82, 2.24) is 15.1 Å². The summed E-state index contributed by atoms with van der Waals surface area (Å²) in [6, 6.07) is -0.442. The zero-order chi connectivity index (χ0) is 15.4. The molecule has 0 spiro atoms. The van der Waals surface area contributed by atoms with Crippen LogP contribution in [0.15, 0.2) is 0 Å². The van der Waals surface area contributed by atoms with Gasteiger partial charge in [0.25, 0.3) is 0 Å². The molecule has 0 bridgehead atoms. The first kappa shape index (κ1) is 17.2. The van der Waals surface area contributed by atoms with Crippen LogP contribution in [0.4, 0.5) is 4.79 Å². The molecule has 0 aliphatic heterocycles. The van der Waals surface area contributed by atoms with Crippen molar-refractivity contribution in [3.63, 3.8) is 0 Å². The molecule has 7 heteroatoms. The number of rotatable bonds is 5. The molecule has 1 unspecified atom stereocenters. The highest BCUT2D eigenvalue weighted by atomic mass is 16.4. The number of carbonyl (C=O) groups excluding carboxylic acids is 2. The first-order chi connectivity index (χ1) is 8.55. The van der Waals surface area contributed by atoms with Crippen molar-refractivity contribution < 1.29 is 19.5 Å². The fourth-order valence-electron chi connectivity index (χ4n) is 1.46. The monoisotopic (exact) mass is 273 g/mol. The molecule has 1 atom stereocenters. The van der Waals surface area contributed by atoms with Crippen LogP contribution in [0, 0.1) is 5.92 Å². The van der Waals surface area contributed by atoms with E-state index in [1.807, 2.05) is 0 Å². The van der Waals surface area contributed by atoms with Crippen molar-refractivity contribution in [3.8, 4) is 0 Å². The number of carboxylic acid groups (broad SMARTS) is 1. The van der Waals surface area contributed by atoms with Crippen molar-refractivity contribution in [2.24, 2.45) is 5.92 Å². The number of hydrogen-bond acceptors (Lipinski definition) is 3. The summed E-state index contributed by atoms with van der Waals surface area (Å²) in [5.74, 6) is -1.61. The van der Waals surface area contributed by atoms with Crippen molar-refractivity contribution in [3.05, 3.63) is 0 Å². The third-order valence-corrected chi connectivity index (χ3v) is 3.22. The van der Waals surface area contributed by atoms with E-state index in [1.54, 1.807) is 6.92 Å². The Morgan fingerprint density at radius 2 is 1.74 bits per heavy atom. The Morgan fingerprint density at radius 3 is 2.11 bits per heavy atom. The smallest absolute Gasteiger partial charge is 0.329 e. The highest BCUT2D eigenvalue weighted by Crippen LogP contribution is 2.15. The lowest BCUT2D eigenvalue weighted by Gasteiger charge is -2.35. The lowest BCUT2D eigenvalue weighted by atomic mass is 10.0. The summed E-state index contributed by atoms with van der Waals surface area (Å²) >= 11 is 0. The Balaban J connectivity index is 4.75. The lowest BCUT2D eigenvalue weighted by Crippen LogP contribution is -2.55. The van der Waals surface area contributed by atoms with Gasteiger partial charge in [-0.1, -0.05) is 6.92 Å². The van der Waals surface area contributed by atoms with Crippen LogP contribution in [0.3, 0.4) is 0 Å². The maximum Gasteiger partial charge on any atom is 0.329 e. The average Bonchev–Trinajstić information content (AvgIpc) is 2.35. The van der Waals surface area contributed by atoms with Gasteiger partial charge in [0, 0.05) is 27.7 Å². The van der Waals surface area contributed by atoms with E-state index in [2.05, 4.69) is 5.32 Å². The number of carboxylic acids is 1. The van der Waals surface area contributed by atoms with Gasteiger partial charge in [-0.15, -0.1) is 0 Å². The third kappa shape index (κ3) is 4.11. The van der Waals surface area contributed by atoms with Crippen LogP contribution < -0.4 is 5.32 Å². The van der Waals surface area contributed by atoms with Crippen LogP contribution in [0.2, 0.25) is 0 Å². The second-order valence-electron chi connectivity index (χ2n) is 5.10. The predicted molar refractivity (Wildman–Crippen MR) is 70.7 cm³/mol. The number of amides is 3. The van der Waals surface area contributed by atoms with E-state index in [9.17, 15) is 14.4 Å². The number of urea groups is 1. The van der Waals surface area contributed by atoms with Crippen LogP contribution in [0.25, 0.3) is 0 Å². The van der Waals surface area contributed by atoms with E-state index >= 15 is 0 Å². The molecule has 0 aromatic heterocycles. The van der Waals surface area contributed by atoms with Gasteiger partial charge >= 0.3 is 12.0 Å². The molecule has 0 saturated heterocycles. The molecule has 0 heterocycles. The molecular formula is C12H23N3O4. The van der Waals surface area contributed by atoms with Gasteiger partial charge in [0.15, 0.2) is 0 Å². The Bertz CT molecular complexity index is 368. The quantitative estimate of drug-likeness (QED) is 0.749. The van der Waals surface area contributed by atoms with Crippen LogP contribution in [-0.2, 0) is 9.59 Å². The maximum absolute atomic E-state index is 12.1. The number of likely N-dealkylation sites (N-methyl/N-ethyl adjacent to an activating group) is 1. The van der Waals surface area contributed by atoms with Gasteiger partial charge < -0.3 is 20.2 Å².